The van der Waals surface area contributed by atoms with E-state index in [1.165, 1.54) is 18.2 Å². The van der Waals surface area contributed by atoms with Gasteiger partial charge in [0.05, 0.1) is 22.1 Å². The van der Waals surface area contributed by atoms with Gasteiger partial charge >= 0.3 is 6.09 Å². The molecule has 0 saturated carbocycles. The van der Waals surface area contributed by atoms with E-state index in [1.54, 1.807) is 18.2 Å². The minimum atomic E-state index is -0.611. The lowest BCUT2D eigenvalue weighted by atomic mass is 10.0. The van der Waals surface area contributed by atoms with Gasteiger partial charge in [-0.05, 0) is 44.4 Å². The Hall–Kier alpha value is -3.79. The SMILES string of the molecule is CN(C)CCOC(=O)Nc1nc2ccc(-c3n[nH]c(=O)c4ccc(F)cc34)cc2[nH]1. The highest BCUT2D eigenvalue weighted by atomic mass is 19.1. The zero-order valence-electron chi connectivity index (χ0n) is 16.3. The number of amides is 1. The maximum atomic E-state index is 13.8. The maximum absolute atomic E-state index is 13.8. The van der Waals surface area contributed by atoms with Crippen molar-refractivity contribution in [3.05, 3.63) is 52.6 Å². The first-order valence-electron chi connectivity index (χ1n) is 9.17. The van der Waals surface area contributed by atoms with Gasteiger partial charge in [0.15, 0.2) is 0 Å². The number of benzene rings is 2. The van der Waals surface area contributed by atoms with Crippen molar-refractivity contribution in [3.63, 3.8) is 0 Å². The van der Waals surface area contributed by atoms with Gasteiger partial charge < -0.3 is 14.6 Å². The summed E-state index contributed by atoms with van der Waals surface area (Å²) in [6, 6.07) is 9.19. The van der Waals surface area contributed by atoms with Crippen LogP contribution in [0.1, 0.15) is 0 Å². The molecule has 2 aromatic carbocycles. The summed E-state index contributed by atoms with van der Waals surface area (Å²) >= 11 is 0. The fourth-order valence-corrected chi connectivity index (χ4v) is 3.03. The lowest BCUT2D eigenvalue weighted by Crippen LogP contribution is -2.22. The highest BCUT2D eigenvalue weighted by Crippen LogP contribution is 2.27. The Labute approximate surface area is 169 Å². The molecule has 2 heterocycles. The molecule has 0 saturated heterocycles. The number of hydrogen-bond acceptors (Lipinski definition) is 6. The lowest BCUT2D eigenvalue weighted by molar-refractivity contribution is 0.151. The third-order valence-corrected chi connectivity index (χ3v) is 4.50. The largest absolute Gasteiger partial charge is 0.448 e. The minimum Gasteiger partial charge on any atom is -0.448 e. The van der Waals surface area contributed by atoms with Crippen LogP contribution in [0.25, 0.3) is 33.1 Å². The van der Waals surface area contributed by atoms with E-state index >= 15 is 0 Å². The van der Waals surface area contributed by atoms with Crippen molar-refractivity contribution in [1.29, 1.82) is 0 Å². The minimum absolute atomic E-state index is 0.238. The number of nitrogens with one attached hydrogen (secondary N) is 3. The summed E-state index contributed by atoms with van der Waals surface area (Å²) in [7, 11) is 3.76. The van der Waals surface area contributed by atoms with E-state index in [9.17, 15) is 14.0 Å². The number of carbonyl (C=O) groups excluding carboxylic acids is 1. The molecule has 0 radical (unpaired) electrons. The van der Waals surface area contributed by atoms with E-state index in [2.05, 4.69) is 25.5 Å². The standard InChI is InChI=1S/C20H19FN6O3/c1-27(2)7-8-30-20(29)24-19-22-15-6-3-11(9-16(15)23-19)17-14-10-12(21)4-5-13(14)18(28)26-25-17/h3-6,9-10H,7-8H2,1-2H3,(H,26,28)(H2,22,23,24,29). The molecule has 154 valence electrons. The van der Waals surface area contributed by atoms with Gasteiger partial charge in [0.25, 0.3) is 5.56 Å². The number of fused-ring (bicyclic) bond motifs is 2. The van der Waals surface area contributed by atoms with Crippen LogP contribution >= 0.6 is 0 Å². The number of carbonyl (C=O) groups is 1. The molecule has 0 aliphatic rings. The molecule has 30 heavy (non-hydrogen) atoms. The number of hydrogen-bond donors (Lipinski definition) is 3. The Bertz CT molecular complexity index is 1300. The highest BCUT2D eigenvalue weighted by molar-refractivity contribution is 5.96. The summed E-state index contributed by atoms with van der Waals surface area (Å²) in [4.78, 5) is 33.1. The molecule has 0 fully saturated rings. The van der Waals surface area contributed by atoms with Crippen LogP contribution in [0.4, 0.5) is 15.1 Å². The first kappa shape index (κ1) is 19.5. The summed E-state index contributed by atoms with van der Waals surface area (Å²) in [5.41, 5.74) is 1.93. The topological polar surface area (TPSA) is 116 Å². The first-order chi connectivity index (χ1) is 14.4. The number of rotatable bonds is 5. The van der Waals surface area contributed by atoms with E-state index in [1.807, 2.05) is 19.0 Å². The van der Waals surface area contributed by atoms with Crippen LogP contribution in [-0.2, 0) is 4.74 Å². The van der Waals surface area contributed by atoms with Gasteiger partial charge in [0, 0.05) is 17.5 Å². The highest BCUT2D eigenvalue weighted by Gasteiger charge is 2.13. The number of halogens is 1. The third kappa shape index (κ3) is 3.98. The van der Waals surface area contributed by atoms with Crippen molar-refractivity contribution in [2.24, 2.45) is 0 Å². The molecule has 0 unspecified atom stereocenters. The zero-order chi connectivity index (χ0) is 21.3. The molecule has 4 rings (SSSR count). The van der Waals surface area contributed by atoms with Crippen molar-refractivity contribution in [2.45, 2.75) is 0 Å². The molecule has 0 spiro atoms. The van der Waals surface area contributed by atoms with Crippen LogP contribution in [0.15, 0.2) is 41.2 Å². The fourth-order valence-electron chi connectivity index (χ4n) is 3.03. The summed E-state index contributed by atoms with van der Waals surface area (Å²) < 4.78 is 18.8. The smallest absolute Gasteiger partial charge is 0.414 e. The molecule has 0 bridgehead atoms. The molecule has 10 heteroatoms. The Morgan fingerprint density at radius 3 is 2.83 bits per heavy atom. The third-order valence-electron chi connectivity index (χ3n) is 4.50. The average molecular weight is 410 g/mol. The predicted molar refractivity (Wildman–Crippen MR) is 111 cm³/mol. The summed E-state index contributed by atoms with van der Waals surface area (Å²) in [6.07, 6.45) is -0.611. The second-order valence-corrected chi connectivity index (χ2v) is 6.97. The summed E-state index contributed by atoms with van der Waals surface area (Å²) in [5, 5.41) is 9.83. The fraction of sp³-hybridized carbons (Fsp3) is 0.200. The Balaban J connectivity index is 1.63. The number of H-pyrrole nitrogens is 2. The van der Waals surface area contributed by atoms with Crippen LogP contribution in [0.3, 0.4) is 0 Å². The number of aromatic amines is 2. The van der Waals surface area contributed by atoms with Crippen molar-refractivity contribution >= 4 is 33.8 Å². The molecule has 0 aliphatic carbocycles. The zero-order valence-corrected chi connectivity index (χ0v) is 16.3. The van der Waals surface area contributed by atoms with Gasteiger partial charge in [-0.15, -0.1) is 0 Å². The van der Waals surface area contributed by atoms with E-state index in [0.717, 1.165) is 0 Å². The molecular formula is C20H19FN6O3. The van der Waals surface area contributed by atoms with Gasteiger partial charge in [-0.2, -0.15) is 5.10 Å². The maximum Gasteiger partial charge on any atom is 0.414 e. The van der Waals surface area contributed by atoms with E-state index in [0.29, 0.717) is 39.6 Å². The molecule has 1 amide bonds. The molecule has 0 atom stereocenters. The molecule has 2 aromatic heterocycles. The summed E-state index contributed by atoms with van der Waals surface area (Å²) in [6.45, 7) is 0.863. The number of aromatic nitrogens is 4. The van der Waals surface area contributed by atoms with E-state index in [4.69, 9.17) is 4.74 Å². The lowest BCUT2D eigenvalue weighted by Gasteiger charge is -2.09. The number of ether oxygens (including phenoxy) is 1. The second kappa shape index (κ2) is 7.91. The summed E-state index contributed by atoms with van der Waals surface area (Å²) in [5.74, 6) is -0.222. The van der Waals surface area contributed by atoms with Gasteiger partial charge in [-0.25, -0.2) is 19.3 Å². The van der Waals surface area contributed by atoms with Crippen LogP contribution < -0.4 is 10.9 Å². The first-order valence-corrected chi connectivity index (χ1v) is 9.17. The van der Waals surface area contributed by atoms with Gasteiger partial charge in [-0.1, -0.05) is 6.07 Å². The molecular weight excluding hydrogens is 391 g/mol. The van der Waals surface area contributed by atoms with Crippen molar-refractivity contribution < 1.29 is 13.9 Å². The van der Waals surface area contributed by atoms with Crippen LogP contribution in [0.5, 0.6) is 0 Å². The Kier molecular flexibility index (Phi) is 5.15. The van der Waals surface area contributed by atoms with Crippen LogP contribution in [-0.4, -0.2) is 58.4 Å². The monoisotopic (exact) mass is 410 g/mol. The van der Waals surface area contributed by atoms with Crippen LogP contribution in [0, 0.1) is 5.82 Å². The molecule has 9 nitrogen and oxygen atoms in total. The van der Waals surface area contributed by atoms with Crippen molar-refractivity contribution in [2.75, 3.05) is 32.6 Å². The number of imidazole rings is 1. The van der Waals surface area contributed by atoms with Gasteiger partial charge in [0.2, 0.25) is 5.95 Å². The second-order valence-electron chi connectivity index (χ2n) is 6.97. The number of nitrogens with zero attached hydrogens (tertiary/aromatic N) is 3. The van der Waals surface area contributed by atoms with Gasteiger partial charge in [-0.3, -0.25) is 10.1 Å². The van der Waals surface area contributed by atoms with E-state index in [-0.39, 0.29) is 12.6 Å². The predicted octanol–water partition coefficient (Wildman–Crippen LogP) is 2.72. The Morgan fingerprint density at radius 1 is 1.20 bits per heavy atom. The van der Waals surface area contributed by atoms with Crippen molar-refractivity contribution in [3.8, 4) is 11.3 Å². The van der Waals surface area contributed by atoms with Crippen LogP contribution in [0.2, 0.25) is 0 Å². The molecule has 0 aliphatic heterocycles. The van der Waals surface area contributed by atoms with Crippen molar-refractivity contribution in [1.82, 2.24) is 25.1 Å². The molecule has 4 aromatic rings. The quantitative estimate of drug-likeness (QED) is 0.466. The molecule has 3 N–H and O–H groups in total. The normalized spacial score (nSPS) is 11.3. The van der Waals surface area contributed by atoms with E-state index < -0.39 is 17.5 Å². The van der Waals surface area contributed by atoms with Gasteiger partial charge in [0.1, 0.15) is 12.4 Å². The number of anilines is 1. The Morgan fingerprint density at radius 2 is 2.03 bits per heavy atom. The number of likely N-dealkylation sites (N-methyl/N-ethyl adjacent to an activating group) is 1. The average Bonchev–Trinajstić information content (AvgIpc) is 3.09.